The second kappa shape index (κ2) is 5.63. The minimum absolute atomic E-state index is 0.368. The first-order valence-electron chi connectivity index (χ1n) is 7.18. The van der Waals surface area contributed by atoms with Gasteiger partial charge in [-0.1, -0.05) is 6.07 Å². The van der Waals surface area contributed by atoms with Crippen LogP contribution in [0.3, 0.4) is 0 Å². The molecule has 1 unspecified atom stereocenters. The quantitative estimate of drug-likeness (QED) is 0.898. The largest absolute Gasteiger partial charge is 0.508 e. The van der Waals surface area contributed by atoms with Crippen LogP contribution in [0.4, 0.5) is 0 Å². The van der Waals surface area contributed by atoms with Crippen molar-refractivity contribution in [1.82, 2.24) is 10.3 Å². The van der Waals surface area contributed by atoms with E-state index in [0.29, 0.717) is 11.8 Å². The molecule has 2 N–H and O–H groups in total. The molecule has 3 rings (SSSR count). The lowest BCUT2D eigenvalue weighted by Crippen LogP contribution is -2.25. The van der Waals surface area contributed by atoms with Crippen molar-refractivity contribution >= 4 is 0 Å². The summed E-state index contributed by atoms with van der Waals surface area (Å²) in [4.78, 5) is 4.19. The number of aryl methyl sites for hydroxylation is 2. The van der Waals surface area contributed by atoms with Gasteiger partial charge in [-0.05, 0) is 66.6 Å². The normalized spacial score (nSPS) is 17.8. The molecule has 1 aromatic heterocycles. The van der Waals surface area contributed by atoms with Gasteiger partial charge in [-0.3, -0.25) is 4.98 Å². The van der Waals surface area contributed by atoms with Crippen LogP contribution in [0, 0.1) is 6.92 Å². The summed E-state index contributed by atoms with van der Waals surface area (Å²) in [6.45, 7) is 2.95. The lowest BCUT2D eigenvalue weighted by Gasteiger charge is -2.27. The van der Waals surface area contributed by atoms with E-state index in [1.165, 1.54) is 28.7 Å². The maximum atomic E-state index is 9.59. The molecule has 20 heavy (non-hydrogen) atoms. The Morgan fingerprint density at radius 2 is 2.25 bits per heavy atom. The lowest BCUT2D eigenvalue weighted by atomic mass is 9.87. The number of hydrogen-bond donors (Lipinski definition) is 2. The monoisotopic (exact) mass is 268 g/mol. The molecule has 0 aliphatic heterocycles. The first-order chi connectivity index (χ1) is 9.74. The second-order valence-corrected chi connectivity index (χ2v) is 5.51. The van der Waals surface area contributed by atoms with Crippen molar-refractivity contribution in [3.8, 4) is 5.75 Å². The predicted octanol–water partition coefficient (Wildman–Crippen LogP) is 3.26. The Kier molecular flexibility index (Phi) is 3.70. The molecule has 1 atom stereocenters. The molecule has 3 heteroatoms. The van der Waals surface area contributed by atoms with Crippen molar-refractivity contribution in [2.45, 2.75) is 38.8 Å². The summed E-state index contributed by atoms with van der Waals surface area (Å²) in [6.07, 6.45) is 7.14. The third-order valence-electron chi connectivity index (χ3n) is 4.13. The Labute approximate surface area is 119 Å². The molecule has 0 fully saturated rings. The zero-order valence-corrected chi connectivity index (χ0v) is 11.8. The van der Waals surface area contributed by atoms with Crippen LogP contribution < -0.4 is 5.32 Å². The second-order valence-electron chi connectivity index (χ2n) is 5.51. The topological polar surface area (TPSA) is 45.2 Å². The summed E-state index contributed by atoms with van der Waals surface area (Å²) in [7, 11) is 0. The molecule has 0 saturated heterocycles. The van der Waals surface area contributed by atoms with Crippen LogP contribution >= 0.6 is 0 Å². The van der Waals surface area contributed by atoms with Crippen molar-refractivity contribution in [1.29, 1.82) is 0 Å². The van der Waals surface area contributed by atoms with Gasteiger partial charge in [0.05, 0.1) is 0 Å². The highest BCUT2D eigenvalue weighted by atomic mass is 16.3. The van der Waals surface area contributed by atoms with E-state index >= 15 is 0 Å². The third-order valence-corrected chi connectivity index (χ3v) is 4.13. The number of hydrogen-bond acceptors (Lipinski definition) is 3. The number of fused-ring (bicyclic) bond motifs is 1. The van der Waals surface area contributed by atoms with Gasteiger partial charge >= 0.3 is 0 Å². The molecule has 2 aromatic rings. The number of phenolic OH excluding ortho intramolecular Hbond substituents is 1. The number of nitrogens with zero attached hydrogens (tertiary/aromatic N) is 1. The summed E-state index contributed by atoms with van der Waals surface area (Å²) in [5.74, 6) is 0.368. The highest BCUT2D eigenvalue weighted by Gasteiger charge is 2.20. The molecule has 1 aliphatic rings. The molecule has 3 nitrogen and oxygen atoms in total. The average molecular weight is 268 g/mol. The van der Waals surface area contributed by atoms with Gasteiger partial charge < -0.3 is 10.4 Å². The standard InChI is InChI=1S/C17H20N2O/c1-12-7-8-18-10-14(12)11-19-17-4-2-3-13-9-15(20)5-6-16(13)17/h5-10,17,19-20H,2-4,11H2,1H3. The smallest absolute Gasteiger partial charge is 0.115 e. The SMILES string of the molecule is Cc1ccncc1CNC1CCCc2cc(O)ccc21. The summed E-state index contributed by atoms with van der Waals surface area (Å²) in [6, 6.07) is 8.16. The highest BCUT2D eigenvalue weighted by molar-refractivity contribution is 5.38. The van der Waals surface area contributed by atoms with Gasteiger partial charge in [0.25, 0.3) is 0 Å². The Morgan fingerprint density at radius 1 is 1.35 bits per heavy atom. The number of pyridine rings is 1. The van der Waals surface area contributed by atoms with Gasteiger partial charge in [0.1, 0.15) is 5.75 Å². The summed E-state index contributed by atoms with van der Waals surface area (Å²) in [5, 5.41) is 13.2. The zero-order chi connectivity index (χ0) is 13.9. The highest BCUT2D eigenvalue weighted by Crippen LogP contribution is 2.32. The van der Waals surface area contributed by atoms with Crippen LogP contribution in [-0.2, 0) is 13.0 Å². The Hall–Kier alpha value is -1.87. The fourth-order valence-corrected chi connectivity index (χ4v) is 2.93. The van der Waals surface area contributed by atoms with Gasteiger partial charge in [0.2, 0.25) is 0 Å². The van der Waals surface area contributed by atoms with Crippen LogP contribution in [0.5, 0.6) is 5.75 Å². The maximum Gasteiger partial charge on any atom is 0.115 e. The number of aromatic hydroxyl groups is 1. The predicted molar refractivity (Wildman–Crippen MR) is 79.6 cm³/mol. The van der Waals surface area contributed by atoms with Crippen molar-refractivity contribution in [3.63, 3.8) is 0 Å². The minimum atomic E-state index is 0.368. The van der Waals surface area contributed by atoms with Crippen LogP contribution in [0.2, 0.25) is 0 Å². The van der Waals surface area contributed by atoms with E-state index in [1.807, 2.05) is 24.5 Å². The molecule has 1 aromatic carbocycles. The van der Waals surface area contributed by atoms with Crippen LogP contribution in [-0.4, -0.2) is 10.1 Å². The van der Waals surface area contributed by atoms with Crippen molar-refractivity contribution in [2.24, 2.45) is 0 Å². The molecule has 0 bridgehead atoms. The van der Waals surface area contributed by atoms with Crippen LogP contribution in [0.25, 0.3) is 0 Å². The van der Waals surface area contributed by atoms with E-state index in [0.717, 1.165) is 19.4 Å². The van der Waals surface area contributed by atoms with E-state index < -0.39 is 0 Å². The fraction of sp³-hybridized carbons (Fsp3) is 0.353. The minimum Gasteiger partial charge on any atom is -0.508 e. The first kappa shape index (κ1) is 13.1. The van der Waals surface area contributed by atoms with Crippen LogP contribution in [0.15, 0.2) is 36.7 Å². The van der Waals surface area contributed by atoms with Gasteiger partial charge in [0.15, 0.2) is 0 Å². The molecule has 1 heterocycles. The Balaban J connectivity index is 1.75. The number of phenols is 1. The lowest BCUT2D eigenvalue weighted by molar-refractivity contribution is 0.449. The van der Waals surface area contributed by atoms with E-state index in [1.54, 1.807) is 6.07 Å². The Morgan fingerprint density at radius 3 is 3.10 bits per heavy atom. The molecule has 104 valence electrons. The van der Waals surface area contributed by atoms with Gasteiger partial charge in [-0.15, -0.1) is 0 Å². The summed E-state index contributed by atoms with van der Waals surface area (Å²) < 4.78 is 0. The molecular formula is C17H20N2O. The van der Waals surface area contributed by atoms with Crippen molar-refractivity contribution in [3.05, 3.63) is 58.9 Å². The molecule has 0 saturated carbocycles. The average Bonchev–Trinajstić information content (AvgIpc) is 2.46. The van der Waals surface area contributed by atoms with E-state index in [9.17, 15) is 5.11 Å². The third kappa shape index (κ3) is 2.68. The molecule has 0 radical (unpaired) electrons. The molecule has 1 aliphatic carbocycles. The van der Waals surface area contributed by atoms with Crippen LogP contribution in [0.1, 0.15) is 41.1 Å². The van der Waals surface area contributed by atoms with E-state index in [2.05, 4.69) is 23.3 Å². The van der Waals surface area contributed by atoms with Gasteiger partial charge in [-0.2, -0.15) is 0 Å². The number of nitrogens with one attached hydrogen (secondary N) is 1. The van der Waals surface area contributed by atoms with E-state index in [-0.39, 0.29) is 0 Å². The zero-order valence-electron chi connectivity index (χ0n) is 11.8. The molecular weight excluding hydrogens is 248 g/mol. The number of benzene rings is 1. The van der Waals surface area contributed by atoms with Gasteiger partial charge in [-0.25, -0.2) is 0 Å². The summed E-state index contributed by atoms with van der Waals surface area (Å²) >= 11 is 0. The molecule has 0 spiro atoms. The van der Waals surface area contributed by atoms with Gasteiger partial charge in [0, 0.05) is 25.0 Å². The van der Waals surface area contributed by atoms with Crippen molar-refractivity contribution in [2.75, 3.05) is 0 Å². The molecule has 0 amide bonds. The first-order valence-corrected chi connectivity index (χ1v) is 7.18. The maximum absolute atomic E-state index is 9.59. The number of rotatable bonds is 3. The fourth-order valence-electron chi connectivity index (χ4n) is 2.93. The summed E-state index contributed by atoms with van der Waals surface area (Å²) in [5.41, 5.74) is 5.12. The Bertz CT molecular complexity index is 610. The van der Waals surface area contributed by atoms with Crippen molar-refractivity contribution < 1.29 is 5.11 Å². The van der Waals surface area contributed by atoms with E-state index in [4.69, 9.17) is 0 Å². The number of aromatic nitrogens is 1.